The van der Waals surface area contributed by atoms with Crippen molar-refractivity contribution in [2.24, 2.45) is 5.92 Å². The predicted octanol–water partition coefficient (Wildman–Crippen LogP) is 5.63. The number of carbonyl (C=O) groups is 1. The number of halogens is 1. The summed E-state index contributed by atoms with van der Waals surface area (Å²) in [7, 11) is 0. The van der Waals surface area contributed by atoms with E-state index in [1.807, 2.05) is 12.1 Å². The van der Waals surface area contributed by atoms with Crippen molar-refractivity contribution in [3.8, 4) is 0 Å². The van der Waals surface area contributed by atoms with Gasteiger partial charge in [-0.25, -0.2) is 0 Å². The van der Waals surface area contributed by atoms with Crippen molar-refractivity contribution in [1.82, 2.24) is 5.32 Å². The van der Waals surface area contributed by atoms with Gasteiger partial charge in [-0.3, -0.25) is 4.79 Å². The molecule has 0 saturated heterocycles. The first kappa shape index (κ1) is 16.1. The van der Waals surface area contributed by atoms with E-state index in [2.05, 4.69) is 62.6 Å². The number of fused-ring (bicyclic) bond motifs is 5. The summed E-state index contributed by atoms with van der Waals surface area (Å²) in [5, 5.41) is 3.26. The van der Waals surface area contributed by atoms with Gasteiger partial charge < -0.3 is 10.2 Å². The van der Waals surface area contributed by atoms with E-state index in [-0.39, 0.29) is 12.1 Å². The van der Waals surface area contributed by atoms with Crippen LogP contribution in [0, 0.1) is 5.92 Å². The molecule has 1 fully saturated rings. The van der Waals surface area contributed by atoms with Gasteiger partial charge in [0, 0.05) is 15.7 Å². The molecule has 1 N–H and O–H groups in total. The van der Waals surface area contributed by atoms with Crippen LogP contribution in [0.1, 0.15) is 59.8 Å². The van der Waals surface area contributed by atoms with E-state index < -0.39 is 0 Å². The molecule has 1 amide bonds. The Hall–Kier alpha value is -2.07. The lowest BCUT2D eigenvalue weighted by atomic mass is 9.82. The van der Waals surface area contributed by atoms with E-state index in [4.69, 9.17) is 0 Å². The number of allylic oxidation sites excluding steroid dienone is 1. The topological polar surface area (TPSA) is 32.3 Å². The number of amides is 1. The molecule has 1 atom stereocenters. The molecule has 5 rings (SSSR count). The molecule has 1 saturated carbocycles. The van der Waals surface area contributed by atoms with Crippen molar-refractivity contribution < 1.29 is 4.79 Å². The fourth-order valence-electron chi connectivity index (χ4n) is 4.68. The smallest absolute Gasteiger partial charge is 0.256 e. The van der Waals surface area contributed by atoms with Gasteiger partial charge in [0.1, 0.15) is 6.17 Å². The van der Waals surface area contributed by atoms with Crippen LogP contribution in [0.3, 0.4) is 0 Å². The Bertz CT molecular complexity index is 914. The molecule has 2 aliphatic heterocycles. The van der Waals surface area contributed by atoms with Crippen molar-refractivity contribution in [3.05, 3.63) is 69.3 Å². The predicted molar refractivity (Wildman–Crippen MR) is 108 cm³/mol. The zero-order valence-electron chi connectivity index (χ0n) is 14.5. The average Bonchev–Trinajstić information content (AvgIpc) is 2.68. The Morgan fingerprint density at radius 3 is 2.65 bits per heavy atom. The average molecular weight is 409 g/mol. The van der Waals surface area contributed by atoms with E-state index in [1.54, 1.807) is 0 Å². The van der Waals surface area contributed by atoms with Crippen LogP contribution in [0.5, 0.6) is 0 Å². The summed E-state index contributed by atoms with van der Waals surface area (Å²) in [5.74, 6) is 0.551. The molecule has 4 heteroatoms. The lowest BCUT2D eigenvalue weighted by molar-refractivity contribution is 0.0926. The normalized spacial score (nSPS) is 22.0. The number of carbonyl (C=O) groups excluding carboxylic acids is 1. The second-order valence-electron chi connectivity index (χ2n) is 7.41. The Morgan fingerprint density at radius 2 is 1.81 bits per heavy atom. The minimum atomic E-state index is -0.123. The summed E-state index contributed by atoms with van der Waals surface area (Å²) >= 11 is 3.58. The Balaban J connectivity index is 1.72. The second kappa shape index (κ2) is 6.27. The quantitative estimate of drug-likeness (QED) is 0.662. The van der Waals surface area contributed by atoms with Crippen molar-refractivity contribution in [2.45, 2.75) is 38.3 Å². The molecule has 0 unspecified atom stereocenters. The fourth-order valence-corrected chi connectivity index (χ4v) is 5.21. The largest absolute Gasteiger partial charge is 0.327 e. The SMILES string of the molecule is O=C1N[C@@H]2c3ccccc3C=C(C3CCCCC3)N2c2cccc(Br)c21. The zero-order valence-corrected chi connectivity index (χ0v) is 16.1. The monoisotopic (exact) mass is 408 g/mol. The Labute approximate surface area is 162 Å². The summed E-state index contributed by atoms with van der Waals surface area (Å²) in [4.78, 5) is 15.2. The van der Waals surface area contributed by atoms with Crippen molar-refractivity contribution in [3.63, 3.8) is 0 Å². The van der Waals surface area contributed by atoms with Gasteiger partial charge in [0.25, 0.3) is 5.91 Å². The van der Waals surface area contributed by atoms with Gasteiger partial charge in [-0.1, -0.05) is 49.6 Å². The van der Waals surface area contributed by atoms with Gasteiger partial charge in [0.05, 0.1) is 11.3 Å². The van der Waals surface area contributed by atoms with Crippen LogP contribution < -0.4 is 10.2 Å². The minimum absolute atomic E-state index is 0.00609. The summed E-state index contributed by atoms with van der Waals surface area (Å²) in [6.45, 7) is 0. The summed E-state index contributed by atoms with van der Waals surface area (Å²) in [5.41, 5.74) is 5.51. The van der Waals surface area contributed by atoms with E-state index >= 15 is 0 Å². The molecule has 132 valence electrons. The highest BCUT2D eigenvalue weighted by molar-refractivity contribution is 9.10. The van der Waals surface area contributed by atoms with Gasteiger partial charge in [0.15, 0.2) is 0 Å². The number of rotatable bonds is 1. The molecule has 3 aliphatic rings. The highest BCUT2D eigenvalue weighted by Crippen LogP contribution is 2.46. The minimum Gasteiger partial charge on any atom is -0.327 e. The molecule has 3 nitrogen and oxygen atoms in total. The standard InChI is InChI=1S/C22H21BrN2O/c23-17-11-6-12-18-20(17)22(26)24-21-16-10-5-4-9-15(16)13-19(25(18)21)14-7-2-1-3-8-14/h4-6,9-14,21H,1-3,7-8H2,(H,24,26)/t21-/m0/s1. The third-order valence-corrected chi connectivity index (χ3v) is 6.56. The van der Waals surface area contributed by atoms with Crippen LogP contribution in [0.15, 0.2) is 52.6 Å². The van der Waals surface area contributed by atoms with Gasteiger partial charge >= 0.3 is 0 Å². The molecule has 2 aromatic carbocycles. The van der Waals surface area contributed by atoms with Gasteiger partial charge in [0.2, 0.25) is 0 Å². The van der Waals surface area contributed by atoms with Crippen LogP contribution in [-0.2, 0) is 0 Å². The molecule has 0 spiro atoms. The maximum absolute atomic E-state index is 12.9. The first-order chi connectivity index (χ1) is 12.7. The third-order valence-electron chi connectivity index (χ3n) is 5.90. The highest BCUT2D eigenvalue weighted by Gasteiger charge is 2.40. The molecule has 2 aromatic rings. The molecule has 0 aromatic heterocycles. The van der Waals surface area contributed by atoms with E-state index in [1.165, 1.54) is 48.9 Å². The number of hydrogen-bond acceptors (Lipinski definition) is 2. The lowest BCUT2D eigenvalue weighted by Gasteiger charge is -2.46. The summed E-state index contributed by atoms with van der Waals surface area (Å²) in [6, 6.07) is 14.5. The summed E-state index contributed by atoms with van der Waals surface area (Å²) < 4.78 is 0.854. The van der Waals surface area contributed by atoms with Crippen molar-refractivity contribution in [2.75, 3.05) is 4.90 Å². The Kier molecular flexibility index (Phi) is 3.89. The molecular weight excluding hydrogens is 388 g/mol. The maximum atomic E-state index is 12.9. The fraction of sp³-hybridized carbons (Fsp3) is 0.318. The third kappa shape index (κ3) is 2.43. The van der Waals surface area contributed by atoms with E-state index in [9.17, 15) is 4.79 Å². The van der Waals surface area contributed by atoms with Crippen LogP contribution in [0.4, 0.5) is 5.69 Å². The lowest BCUT2D eigenvalue weighted by Crippen LogP contribution is -2.49. The van der Waals surface area contributed by atoms with Crippen LogP contribution >= 0.6 is 15.9 Å². The number of nitrogens with one attached hydrogen (secondary N) is 1. The van der Waals surface area contributed by atoms with Crippen molar-refractivity contribution in [1.29, 1.82) is 0 Å². The second-order valence-corrected chi connectivity index (χ2v) is 8.27. The molecule has 0 bridgehead atoms. The zero-order chi connectivity index (χ0) is 17.7. The number of hydrogen-bond donors (Lipinski definition) is 1. The Morgan fingerprint density at radius 1 is 1.00 bits per heavy atom. The molecule has 2 heterocycles. The van der Waals surface area contributed by atoms with Crippen LogP contribution in [0.25, 0.3) is 6.08 Å². The molecular formula is C22H21BrN2O. The number of nitrogens with zero attached hydrogens (tertiary/aromatic N) is 1. The van der Waals surface area contributed by atoms with Gasteiger partial charge in [-0.2, -0.15) is 0 Å². The van der Waals surface area contributed by atoms with Gasteiger partial charge in [-0.15, -0.1) is 0 Å². The van der Waals surface area contributed by atoms with Crippen molar-refractivity contribution >= 4 is 33.6 Å². The van der Waals surface area contributed by atoms with Crippen LogP contribution in [-0.4, -0.2) is 5.91 Å². The van der Waals surface area contributed by atoms with Gasteiger partial charge in [-0.05, 0) is 58.5 Å². The maximum Gasteiger partial charge on any atom is 0.256 e. The first-order valence-corrected chi connectivity index (χ1v) is 10.2. The number of benzene rings is 2. The van der Waals surface area contributed by atoms with E-state index in [0.29, 0.717) is 5.92 Å². The van der Waals surface area contributed by atoms with Crippen LogP contribution in [0.2, 0.25) is 0 Å². The molecule has 0 radical (unpaired) electrons. The highest BCUT2D eigenvalue weighted by atomic mass is 79.9. The first-order valence-electron chi connectivity index (χ1n) is 9.43. The molecule has 26 heavy (non-hydrogen) atoms. The molecule has 1 aliphatic carbocycles. The summed E-state index contributed by atoms with van der Waals surface area (Å²) in [6.07, 6.45) is 8.61. The number of anilines is 1. The van der Waals surface area contributed by atoms with E-state index in [0.717, 1.165) is 15.7 Å².